The Bertz CT molecular complexity index is 1330. The number of aromatic nitrogens is 3. The van der Waals surface area contributed by atoms with E-state index in [0.29, 0.717) is 18.4 Å². The molecule has 1 amide bonds. The topological polar surface area (TPSA) is 98.0 Å². The second kappa shape index (κ2) is 7.86. The highest BCUT2D eigenvalue weighted by molar-refractivity contribution is 7.88. The molecule has 8 nitrogen and oxygen atoms in total. The van der Waals surface area contributed by atoms with Crippen molar-refractivity contribution < 1.29 is 17.6 Å². The summed E-state index contributed by atoms with van der Waals surface area (Å²) >= 11 is 0. The number of carbonyl (C=O) groups is 1. The zero-order valence-electron chi connectivity index (χ0n) is 17.6. The van der Waals surface area contributed by atoms with E-state index in [0.717, 1.165) is 53.7 Å². The first-order valence-corrected chi connectivity index (χ1v) is 12.1. The van der Waals surface area contributed by atoms with Gasteiger partial charge in [0.1, 0.15) is 11.6 Å². The van der Waals surface area contributed by atoms with Crippen molar-refractivity contribution in [2.75, 3.05) is 6.54 Å². The lowest BCUT2D eigenvalue weighted by Crippen LogP contribution is -2.40. The summed E-state index contributed by atoms with van der Waals surface area (Å²) in [6, 6.07) is 6.39. The molecule has 0 bridgehead atoms. The van der Waals surface area contributed by atoms with Crippen LogP contribution in [0.15, 0.2) is 36.5 Å². The Morgan fingerprint density at radius 1 is 1.25 bits per heavy atom. The first kappa shape index (κ1) is 20.9. The van der Waals surface area contributed by atoms with Gasteiger partial charge in [-0.2, -0.15) is 18.2 Å². The zero-order chi connectivity index (χ0) is 22.5. The average Bonchev–Trinajstić information content (AvgIpc) is 3.65. The zero-order valence-corrected chi connectivity index (χ0v) is 18.4. The van der Waals surface area contributed by atoms with E-state index in [4.69, 9.17) is 0 Å². The molecular weight excluding hydrogens is 433 g/mol. The first-order chi connectivity index (χ1) is 15.3. The minimum absolute atomic E-state index is 0.306. The van der Waals surface area contributed by atoms with E-state index >= 15 is 0 Å². The molecule has 2 saturated carbocycles. The third kappa shape index (κ3) is 4.33. The van der Waals surface area contributed by atoms with Crippen molar-refractivity contribution in [3.8, 4) is 5.82 Å². The number of nitrogens with one attached hydrogen (secondary N) is 2. The molecule has 5 rings (SSSR count). The molecule has 10 heteroatoms. The van der Waals surface area contributed by atoms with Crippen LogP contribution in [0, 0.1) is 11.7 Å². The van der Waals surface area contributed by atoms with Crippen LogP contribution in [0.4, 0.5) is 4.39 Å². The number of benzene rings is 1. The monoisotopic (exact) mass is 457 g/mol. The number of hydrogen-bond donors (Lipinski definition) is 2. The number of carbonyl (C=O) groups excluding carboxylic acids is 1. The Morgan fingerprint density at radius 3 is 2.75 bits per heavy atom. The highest BCUT2D eigenvalue weighted by Crippen LogP contribution is 2.43. The number of hydrogen-bond acceptors (Lipinski definition) is 4. The van der Waals surface area contributed by atoms with Crippen molar-refractivity contribution in [3.63, 3.8) is 0 Å². The maximum atomic E-state index is 13.6. The van der Waals surface area contributed by atoms with E-state index in [2.05, 4.69) is 9.82 Å². The summed E-state index contributed by atoms with van der Waals surface area (Å²) in [5.41, 5.74) is 2.42. The van der Waals surface area contributed by atoms with Crippen LogP contribution in [0.3, 0.4) is 0 Å². The lowest BCUT2D eigenvalue weighted by molar-refractivity contribution is -0.114. The molecule has 2 aliphatic rings. The fraction of sp³-hybridized carbons (Fsp3) is 0.364. The lowest BCUT2D eigenvalue weighted by Gasteiger charge is -2.08. The number of nitrogens with zero attached hydrogens (tertiary/aromatic N) is 3. The molecule has 2 heterocycles. The summed E-state index contributed by atoms with van der Waals surface area (Å²) in [6.07, 6.45) is 8.70. The van der Waals surface area contributed by atoms with Gasteiger partial charge < -0.3 is 4.57 Å². The van der Waals surface area contributed by atoms with Gasteiger partial charge in [-0.3, -0.25) is 9.48 Å². The molecule has 0 aliphatic heterocycles. The van der Waals surface area contributed by atoms with Gasteiger partial charge in [0.15, 0.2) is 0 Å². The second-order valence-corrected chi connectivity index (χ2v) is 10.0. The molecule has 2 aliphatic carbocycles. The van der Waals surface area contributed by atoms with E-state index < -0.39 is 16.1 Å². The van der Waals surface area contributed by atoms with E-state index in [9.17, 15) is 17.6 Å². The number of fused-ring (bicyclic) bond motifs is 1. The summed E-state index contributed by atoms with van der Waals surface area (Å²) in [5.74, 6) is 0.353. The van der Waals surface area contributed by atoms with Crippen molar-refractivity contribution in [1.29, 1.82) is 0 Å². The molecule has 0 saturated heterocycles. The van der Waals surface area contributed by atoms with Crippen LogP contribution in [0.25, 0.3) is 22.8 Å². The Hall–Kier alpha value is -2.98. The SMILES string of the molecule is Cn1nc(C2CC2)c(C=CC(=O)NS(=O)(=O)NCC2CC2)c1-n1ccc2cc(F)ccc21. The maximum absolute atomic E-state index is 13.6. The Labute approximate surface area is 185 Å². The molecule has 0 spiro atoms. The number of rotatable bonds is 8. The fourth-order valence-electron chi connectivity index (χ4n) is 3.86. The van der Waals surface area contributed by atoms with Gasteiger partial charge in [0.05, 0.1) is 11.2 Å². The normalized spacial score (nSPS) is 16.8. The summed E-state index contributed by atoms with van der Waals surface area (Å²) in [5, 5.41) is 5.42. The molecule has 0 radical (unpaired) electrons. The predicted octanol–water partition coefficient (Wildman–Crippen LogP) is 2.75. The van der Waals surface area contributed by atoms with Gasteiger partial charge in [0.25, 0.3) is 5.91 Å². The van der Waals surface area contributed by atoms with Crippen LogP contribution in [-0.4, -0.2) is 35.2 Å². The third-order valence-corrected chi connectivity index (χ3v) is 6.84. The van der Waals surface area contributed by atoms with Gasteiger partial charge in [-0.1, -0.05) is 0 Å². The van der Waals surface area contributed by atoms with E-state index in [1.807, 2.05) is 28.6 Å². The van der Waals surface area contributed by atoms with Crippen molar-refractivity contribution >= 4 is 33.1 Å². The largest absolute Gasteiger partial charge is 0.301 e. The molecule has 0 unspecified atom stereocenters. The Kier molecular flexibility index (Phi) is 5.13. The van der Waals surface area contributed by atoms with Gasteiger partial charge in [-0.25, -0.2) is 9.11 Å². The van der Waals surface area contributed by atoms with Crippen LogP contribution in [-0.2, 0) is 22.1 Å². The molecule has 0 atom stereocenters. The second-order valence-electron chi connectivity index (χ2n) is 8.50. The van der Waals surface area contributed by atoms with Gasteiger partial charge in [0, 0.05) is 42.7 Å². The van der Waals surface area contributed by atoms with Crippen LogP contribution < -0.4 is 9.44 Å². The molecule has 2 aromatic heterocycles. The minimum Gasteiger partial charge on any atom is -0.301 e. The summed E-state index contributed by atoms with van der Waals surface area (Å²) in [4.78, 5) is 12.4. The molecule has 168 valence electrons. The van der Waals surface area contributed by atoms with E-state index in [-0.39, 0.29) is 5.82 Å². The van der Waals surface area contributed by atoms with E-state index in [1.54, 1.807) is 16.8 Å². The molecular formula is C22H24FN5O3S. The van der Waals surface area contributed by atoms with Gasteiger partial charge in [-0.05, 0) is 61.9 Å². The van der Waals surface area contributed by atoms with Gasteiger partial charge >= 0.3 is 10.2 Å². The van der Waals surface area contributed by atoms with Crippen molar-refractivity contribution in [2.45, 2.75) is 31.6 Å². The molecule has 3 aromatic rings. The predicted molar refractivity (Wildman–Crippen MR) is 119 cm³/mol. The molecule has 2 fully saturated rings. The van der Waals surface area contributed by atoms with Gasteiger partial charge in [-0.15, -0.1) is 0 Å². The van der Waals surface area contributed by atoms with Crippen molar-refractivity contribution in [1.82, 2.24) is 23.8 Å². The summed E-state index contributed by atoms with van der Waals surface area (Å²) < 4.78 is 45.9. The van der Waals surface area contributed by atoms with Crippen LogP contribution >= 0.6 is 0 Å². The molecule has 32 heavy (non-hydrogen) atoms. The van der Waals surface area contributed by atoms with Crippen LogP contribution in [0.5, 0.6) is 0 Å². The summed E-state index contributed by atoms with van der Waals surface area (Å²) in [6.45, 7) is 0.339. The van der Waals surface area contributed by atoms with Crippen molar-refractivity contribution in [2.24, 2.45) is 13.0 Å². The van der Waals surface area contributed by atoms with Crippen LogP contribution in [0.2, 0.25) is 0 Å². The maximum Gasteiger partial charge on any atom is 0.301 e. The fourth-order valence-corrected chi connectivity index (χ4v) is 4.72. The van der Waals surface area contributed by atoms with E-state index in [1.165, 1.54) is 18.2 Å². The summed E-state index contributed by atoms with van der Waals surface area (Å²) in [7, 11) is -2.08. The van der Waals surface area contributed by atoms with Crippen molar-refractivity contribution in [3.05, 3.63) is 53.6 Å². The number of halogens is 1. The molecule has 1 aromatic carbocycles. The lowest BCUT2D eigenvalue weighted by atomic mass is 10.1. The van der Waals surface area contributed by atoms with Crippen LogP contribution in [0.1, 0.15) is 42.9 Å². The Morgan fingerprint density at radius 2 is 2.03 bits per heavy atom. The smallest absolute Gasteiger partial charge is 0.301 e. The highest BCUT2D eigenvalue weighted by atomic mass is 32.2. The number of aryl methyl sites for hydroxylation is 1. The molecule has 2 N–H and O–H groups in total. The first-order valence-electron chi connectivity index (χ1n) is 10.6. The Balaban J connectivity index is 1.45. The van der Waals surface area contributed by atoms with Gasteiger partial charge in [0.2, 0.25) is 0 Å². The quantitative estimate of drug-likeness (QED) is 0.508. The highest BCUT2D eigenvalue weighted by Gasteiger charge is 2.31. The minimum atomic E-state index is -3.90. The number of amides is 1. The standard InChI is InChI=1S/C22H24FN5O3S/c1-27-22(28-11-10-16-12-17(23)6-8-19(16)28)18(21(25-27)15-4-5-15)7-9-20(29)26-32(30,31)24-13-14-2-3-14/h6-12,14-15,24H,2-5,13H2,1H3,(H,26,29). The third-order valence-electron chi connectivity index (χ3n) is 5.82. The average molecular weight is 458 g/mol.